The smallest absolute Gasteiger partial charge is 0.336 e. The number of hydrogen-bond donors (Lipinski definition) is 2. The van der Waals surface area contributed by atoms with Crippen molar-refractivity contribution in [3.63, 3.8) is 0 Å². The molecule has 0 atom stereocenters. The van der Waals surface area contributed by atoms with Crippen molar-refractivity contribution >= 4 is 17.9 Å². The van der Waals surface area contributed by atoms with Crippen molar-refractivity contribution in [3.05, 3.63) is 29.3 Å². The van der Waals surface area contributed by atoms with Crippen LogP contribution in [0.4, 0.5) is 0 Å². The Balaban J connectivity index is 3.14. The molecule has 0 saturated heterocycles. The Hall–Kier alpha value is -2.37. The van der Waals surface area contributed by atoms with Gasteiger partial charge in [0.25, 0.3) is 0 Å². The highest BCUT2D eigenvalue weighted by Crippen LogP contribution is 2.18. The topological polar surface area (TPSA) is 101 Å². The van der Waals surface area contributed by atoms with Crippen LogP contribution in [0.25, 0.3) is 0 Å². The third-order valence-corrected chi connectivity index (χ3v) is 1.97. The maximum atomic E-state index is 11.0. The molecule has 0 heterocycles. The molecule has 0 aliphatic heterocycles. The molecule has 0 amide bonds. The van der Waals surface area contributed by atoms with Crippen molar-refractivity contribution < 1.29 is 29.3 Å². The van der Waals surface area contributed by atoms with Gasteiger partial charge >= 0.3 is 17.9 Å². The van der Waals surface area contributed by atoms with E-state index in [4.69, 9.17) is 14.9 Å². The fourth-order valence-corrected chi connectivity index (χ4v) is 1.15. The van der Waals surface area contributed by atoms with Gasteiger partial charge in [-0.15, -0.1) is 0 Å². The van der Waals surface area contributed by atoms with Crippen molar-refractivity contribution in [3.8, 4) is 5.75 Å². The monoisotopic (exact) mass is 238 g/mol. The molecule has 0 radical (unpaired) electrons. The second kappa shape index (κ2) is 5.11. The number of hydrogen-bond acceptors (Lipinski definition) is 4. The van der Waals surface area contributed by atoms with E-state index < -0.39 is 23.5 Å². The van der Waals surface area contributed by atoms with Crippen LogP contribution < -0.4 is 4.74 Å². The van der Waals surface area contributed by atoms with Gasteiger partial charge in [-0.05, 0) is 18.2 Å². The van der Waals surface area contributed by atoms with E-state index in [9.17, 15) is 14.4 Å². The Bertz CT molecular complexity index is 477. The van der Waals surface area contributed by atoms with Gasteiger partial charge in [-0.1, -0.05) is 6.92 Å². The molecule has 1 rings (SSSR count). The Morgan fingerprint density at radius 3 is 2.18 bits per heavy atom. The van der Waals surface area contributed by atoms with Crippen LogP contribution in [-0.2, 0) is 4.79 Å². The first-order valence-corrected chi connectivity index (χ1v) is 4.77. The highest BCUT2D eigenvalue weighted by Gasteiger charge is 2.17. The van der Waals surface area contributed by atoms with E-state index >= 15 is 0 Å². The van der Waals surface area contributed by atoms with Crippen LogP contribution >= 0.6 is 0 Å². The predicted molar refractivity (Wildman–Crippen MR) is 56.3 cm³/mol. The summed E-state index contributed by atoms with van der Waals surface area (Å²) in [5.74, 6) is -3.25. The number of benzene rings is 1. The zero-order valence-corrected chi connectivity index (χ0v) is 8.97. The van der Waals surface area contributed by atoms with Gasteiger partial charge in [0.15, 0.2) is 0 Å². The Morgan fingerprint density at radius 2 is 1.71 bits per heavy atom. The number of esters is 1. The summed E-state index contributed by atoms with van der Waals surface area (Å²) in [5, 5.41) is 17.6. The zero-order valence-electron chi connectivity index (χ0n) is 8.97. The second-order valence-corrected chi connectivity index (χ2v) is 3.15. The van der Waals surface area contributed by atoms with Gasteiger partial charge in [-0.25, -0.2) is 9.59 Å². The third kappa shape index (κ3) is 3.04. The number of carboxylic acids is 2. The molecule has 2 N–H and O–H groups in total. The summed E-state index contributed by atoms with van der Waals surface area (Å²) in [6, 6.07) is 3.34. The molecule has 0 saturated carbocycles. The van der Waals surface area contributed by atoms with Crippen molar-refractivity contribution in [2.24, 2.45) is 0 Å². The van der Waals surface area contributed by atoms with Gasteiger partial charge in [0.2, 0.25) is 0 Å². The first-order chi connectivity index (χ1) is 7.95. The van der Waals surface area contributed by atoms with E-state index in [1.54, 1.807) is 6.92 Å². The molecule has 1 aromatic carbocycles. The van der Waals surface area contributed by atoms with Gasteiger partial charge in [-0.2, -0.15) is 0 Å². The SMILES string of the molecule is CCC(=O)Oc1ccc(C(=O)O)c(C(=O)O)c1. The summed E-state index contributed by atoms with van der Waals surface area (Å²) in [7, 11) is 0. The summed E-state index contributed by atoms with van der Waals surface area (Å²) in [5.41, 5.74) is -0.771. The lowest BCUT2D eigenvalue weighted by molar-refractivity contribution is -0.134. The van der Waals surface area contributed by atoms with E-state index in [0.29, 0.717) is 0 Å². The molecule has 90 valence electrons. The lowest BCUT2D eigenvalue weighted by atomic mass is 10.1. The van der Waals surface area contributed by atoms with Gasteiger partial charge in [-0.3, -0.25) is 4.79 Å². The number of ether oxygens (including phenoxy) is 1. The van der Waals surface area contributed by atoms with Gasteiger partial charge < -0.3 is 14.9 Å². The maximum Gasteiger partial charge on any atom is 0.336 e. The molecular formula is C11H10O6. The standard InChI is InChI=1S/C11H10O6/c1-2-9(12)17-6-3-4-7(10(13)14)8(5-6)11(15)16/h3-5H,2H2,1H3,(H,13,14)(H,15,16). The molecule has 0 aromatic heterocycles. The maximum absolute atomic E-state index is 11.0. The van der Waals surface area contributed by atoms with Crippen LogP contribution in [0.15, 0.2) is 18.2 Å². The number of aromatic carboxylic acids is 2. The van der Waals surface area contributed by atoms with Gasteiger partial charge in [0.1, 0.15) is 5.75 Å². The highest BCUT2D eigenvalue weighted by molar-refractivity contribution is 6.02. The second-order valence-electron chi connectivity index (χ2n) is 3.15. The quantitative estimate of drug-likeness (QED) is 0.607. The van der Waals surface area contributed by atoms with E-state index in [2.05, 4.69) is 0 Å². The molecule has 6 nitrogen and oxygen atoms in total. The number of carbonyl (C=O) groups is 3. The van der Waals surface area contributed by atoms with Crippen LogP contribution in [-0.4, -0.2) is 28.1 Å². The molecule has 0 spiro atoms. The molecule has 1 aromatic rings. The summed E-state index contributed by atoms with van der Waals surface area (Å²) >= 11 is 0. The minimum atomic E-state index is -1.39. The summed E-state index contributed by atoms with van der Waals surface area (Å²) < 4.78 is 4.79. The average Bonchev–Trinajstić information content (AvgIpc) is 2.28. The molecule has 0 aliphatic rings. The lowest BCUT2D eigenvalue weighted by Gasteiger charge is -2.06. The minimum Gasteiger partial charge on any atom is -0.478 e. The van der Waals surface area contributed by atoms with Gasteiger partial charge in [0.05, 0.1) is 11.1 Å². The number of rotatable bonds is 4. The Kier molecular flexibility index (Phi) is 3.82. The van der Waals surface area contributed by atoms with E-state index in [-0.39, 0.29) is 17.7 Å². The molecule has 6 heteroatoms. The van der Waals surface area contributed by atoms with Crippen LogP contribution in [0, 0.1) is 0 Å². The number of carbonyl (C=O) groups excluding carboxylic acids is 1. The molecule has 17 heavy (non-hydrogen) atoms. The van der Waals surface area contributed by atoms with E-state index in [1.165, 1.54) is 6.07 Å². The molecular weight excluding hydrogens is 228 g/mol. The molecule has 0 aliphatic carbocycles. The van der Waals surface area contributed by atoms with Crippen LogP contribution in [0.1, 0.15) is 34.1 Å². The molecule has 0 bridgehead atoms. The fourth-order valence-electron chi connectivity index (χ4n) is 1.15. The van der Waals surface area contributed by atoms with Crippen molar-refractivity contribution in [1.82, 2.24) is 0 Å². The minimum absolute atomic E-state index is 0.0132. The molecule has 0 unspecified atom stereocenters. The largest absolute Gasteiger partial charge is 0.478 e. The van der Waals surface area contributed by atoms with Crippen molar-refractivity contribution in [1.29, 1.82) is 0 Å². The first-order valence-electron chi connectivity index (χ1n) is 4.77. The fraction of sp³-hybridized carbons (Fsp3) is 0.182. The van der Waals surface area contributed by atoms with E-state index in [1.807, 2.05) is 0 Å². The van der Waals surface area contributed by atoms with E-state index in [0.717, 1.165) is 12.1 Å². The van der Waals surface area contributed by atoms with Crippen molar-refractivity contribution in [2.75, 3.05) is 0 Å². The normalized spacial score (nSPS) is 9.71. The van der Waals surface area contributed by atoms with Crippen molar-refractivity contribution in [2.45, 2.75) is 13.3 Å². The average molecular weight is 238 g/mol. The van der Waals surface area contributed by atoms with Crippen LogP contribution in [0.3, 0.4) is 0 Å². The predicted octanol–water partition coefficient (Wildman–Crippen LogP) is 1.40. The summed E-state index contributed by atoms with van der Waals surface area (Å²) in [6.45, 7) is 1.59. The third-order valence-electron chi connectivity index (χ3n) is 1.97. The number of carboxylic acid groups (broad SMARTS) is 2. The first kappa shape index (κ1) is 12.7. The molecule has 0 fully saturated rings. The summed E-state index contributed by atoms with van der Waals surface area (Å²) in [4.78, 5) is 32.6. The Morgan fingerprint density at radius 1 is 1.12 bits per heavy atom. The van der Waals surface area contributed by atoms with Crippen LogP contribution in [0.5, 0.6) is 5.75 Å². The Labute approximate surface area is 96.4 Å². The summed E-state index contributed by atoms with van der Waals surface area (Å²) in [6.07, 6.45) is 0.142. The lowest BCUT2D eigenvalue weighted by Crippen LogP contribution is -2.10. The van der Waals surface area contributed by atoms with Gasteiger partial charge in [0, 0.05) is 6.42 Å². The van der Waals surface area contributed by atoms with Crippen LogP contribution in [0.2, 0.25) is 0 Å². The zero-order chi connectivity index (χ0) is 13.0. The highest BCUT2D eigenvalue weighted by atomic mass is 16.5.